The molecule has 0 aliphatic carbocycles. The highest BCUT2D eigenvalue weighted by atomic mass is 35.5. The van der Waals surface area contributed by atoms with E-state index in [-0.39, 0.29) is 16.4 Å². The fraction of sp³-hybridized carbons (Fsp3) is 0.125. The van der Waals surface area contributed by atoms with Gasteiger partial charge in [-0.1, -0.05) is 11.6 Å². The number of nitrogens with one attached hydrogen (secondary N) is 1. The van der Waals surface area contributed by atoms with Crippen molar-refractivity contribution in [2.75, 3.05) is 12.4 Å². The lowest BCUT2D eigenvalue weighted by Crippen LogP contribution is -2.02. The minimum atomic E-state index is -1.08. The van der Waals surface area contributed by atoms with Gasteiger partial charge < -0.3 is 10.4 Å². The van der Waals surface area contributed by atoms with Crippen LogP contribution in [0.3, 0.4) is 0 Å². The Morgan fingerprint density at radius 3 is 3.00 bits per heavy atom. The van der Waals surface area contributed by atoms with Gasteiger partial charge in [-0.25, -0.2) is 9.78 Å². The fourth-order valence-corrected chi connectivity index (χ4v) is 1.45. The predicted octanol–water partition coefficient (Wildman–Crippen LogP) is 1.12. The van der Waals surface area contributed by atoms with E-state index in [0.717, 1.165) is 0 Å². The summed E-state index contributed by atoms with van der Waals surface area (Å²) in [5.74, 6) is -0.501. The maximum atomic E-state index is 10.8. The number of nitrogens with zero attached hydrogens (tertiary/aromatic N) is 3. The largest absolute Gasteiger partial charge is 0.477 e. The van der Waals surface area contributed by atoms with Gasteiger partial charge in [-0.3, -0.25) is 0 Å². The van der Waals surface area contributed by atoms with Crippen LogP contribution in [0.25, 0.3) is 5.65 Å². The average molecular weight is 227 g/mol. The second kappa shape index (κ2) is 3.39. The van der Waals surface area contributed by atoms with Crippen molar-refractivity contribution >= 4 is 29.0 Å². The summed E-state index contributed by atoms with van der Waals surface area (Å²) in [4.78, 5) is 14.7. The standard InChI is InChI=1S/C8H7ClN4O2/c1-10-6-2-5(9)12-7-4(8(14)15)3-11-13(6)7/h2-3,10H,1H3,(H,14,15). The summed E-state index contributed by atoms with van der Waals surface area (Å²) in [6.07, 6.45) is 1.24. The van der Waals surface area contributed by atoms with Crippen LogP contribution in [0.15, 0.2) is 12.3 Å². The molecule has 0 bridgehead atoms. The summed E-state index contributed by atoms with van der Waals surface area (Å²) in [5.41, 5.74) is 0.244. The second-order valence-electron chi connectivity index (χ2n) is 2.81. The lowest BCUT2D eigenvalue weighted by atomic mass is 10.3. The van der Waals surface area contributed by atoms with Crippen LogP contribution in [0.2, 0.25) is 5.15 Å². The molecule has 0 aliphatic rings. The van der Waals surface area contributed by atoms with Gasteiger partial charge in [0.1, 0.15) is 16.5 Å². The molecule has 0 saturated heterocycles. The van der Waals surface area contributed by atoms with Gasteiger partial charge in [0.05, 0.1) is 6.20 Å². The molecule has 2 N–H and O–H groups in total. The molecular weight excluding hydrogens is 220 g/mol. The Labute approximate surface area is 89.5 Å². The summed E-state index contributed by atoms with van der Waals surface area (Å²) < 4.78 is 1.38. The molecule has 0 spiro atoms. The van der Waals surface area contributed by atoms with E-state index in [1.165, 1.54) is 10.7 Å². The van der Waals surface area contributed by atoms with Gasteiger partial charge in [0.25, 0.3) is 0 Å². The van der Waals surface area contributed by atoms with E-state index in [4.69, 9.17) is 16.7 Å². The first-order valence-corrected chi connectivity index (χ1v) is 4.46. The van der Waals surface area contributed by atoms with Gasteiger partial charge in [0.15, 0.2) is 5.65 Å². The summed E-state index contributed by atoms with van der Waals surface area (Å²) in [7, 11) is 1.69. The molecule has 0 aromatic carbocycles. The van der Waals surface area contributed by atoms with E-state index < -0.39 is 5.97 Å². The molecule has 0 unspecified atom stereocenters. The number of carboxylic acid groups (broad SMARTS) is 1. The summed E-state index contributed by atoms with van der Waals surface area (Å²) in [6.45, 7) is 0. The number of carboxylic acids is 1. The van der Waals surface area contributed by atoms with Crippen LogP contribution in [-0.2, 0) is 0 Å². The van der Waals surface area contributed by atoms with E-state index in [1.807, 2.05) is 0 Å². The van der Waals surface area contributed by atoms with Crippen molar-refractivity contribution in [3.05, 3.63) is 23.0 Å². The Kier molecular flexibility index (Phi) is 2.20. The van der Waals surface area contributed by atoms with Crippen molar-refractivity contribution in [2.45, 2.75) is 0 Å². The van der Waals surface area contributed by atoms with Gasteiger partial charge in [-0.05, 0) is 0 Å². The van der Waals surface area contributed by atoms with Crippen LogP contribution in [0.4, 0.5) is 5.82 Å². The van der Waals surface area contributed by atoms with Crippen LogP contribution in [-0.4, -0.2) is 32.7 Å². The van der Waals surface area contributed by atoms with E-state index >= 15 is 0 Å². The Bertz CT molecular complexity index is 537. The van der Waals surface area contributed by atoms with Crippen LogP contribution in [0, 0.1) is 0 Å². The average Bonchev–Trinajstić information content (AvgIpc) is 2.59. The molecule has 7 heteroatoms. The SMILES string of the molecule is CNc1cc(Cl)nc2c(C(=O)O)cnn12. The van der Waals surface area contributed by atoms with Crippen molar-refractivity contribution in [1.82, 2.24) is 14.6 Å². The molecule has 0 aliphatic heterocycles. The van der Waals surface area contributed by atoms with Crippen LogP contribution < -0.4 is 5.32 Å². The van der Waals surface area contributed by atoms with Crippen LogP contribution in [0.1, 0.15) is 10.4 Å². The zero-order valence-electron chi connectivity index (χ0n) is 7.73. The second-order valence-corrected chi connectivity index (χ2v) is 3.20. The summed E-state index contributed by atoms with van der Waals surface area (Å²) in [6, 6.07) is 1.56. The quantitative estimate of drug-likeness (QED) is 0.751. The minimum Gasteiger partial charge on any atom is -0.477 e. The van der Waals surface area contributed by atoms with Crippen molar-refractivity contribution < 1.29 is 9.90 Å². The third kappa shape index (κ3) is 1.48. The topological polar surface area (TPSA) is 79.5 Å². The smallest absolute Gasteiger partial charge is 0.341 e. The molecule has 2 rings (SSSR count). The molecule has 0 amide bonds. The number of aromatic nitrogens is 3. The molecule has 2 aromatic heterocycles. The zero-order valence-corrected chi connectivity index (χ0v) is 8.49. The lowest BCUT2D eigenvalue weighted by Gasteiger charge is -2.03. The van der Waals surface area contributed by atoms with Crippen molar-refractivity contribution in [3.63, 3.8) is 0 Å². The number of hydrogen-bond acceptors (Lipinski definition) is 4. The van der Waals surface area contributed by atoms with Gasteiger partial charge in [-0.15, -0.1) is 0 Å². The number of aromatic carboxylic acids is 1. The molecule has 2 heterocycles. The molecule has 0 atom stereocenters. The minimum absolute atomic E-state index is 0.0222. The molecule has 2 aromatic rings. The molecular formula is C8H7ClN4O2. The first-order chi connectivity index (χ1) is 7.13. The van der Waals surface area contributed by atoms with Crippen molar-refractivity contribution in [1.29, 1.82) is 0 Å². The highest BCUT2D eigenvalue weighted by Crippen LogP contribution is 2.18. The monoisotopic (exact) mass is 226 g/mol. The van der Waals surface area contributed by atoms with E-state index in [9.17, 15) is 4.79 Å². The Morgan fingerprint density at radius 2 is 2.40 bits per heavy atom. The van der Waals surface area contributed by atoms with Gasteiger partial charge in [-0.2, -0.15) is 9.61 Å². The van der Waals surface area contributed by atoms with E-state index in [0.29, 0.717) is 5.82 Å². The Hall–Kier alpha value is -1.82. The van der Waals surface area contributed by atoms with Crippen LogP contribution in [0.5, 0.6) is 0 Å². The third-order valence-corrected chi connectivity index (χ3v) is 2.12. The first kappa shape index (κ1) is 9.72. The number of fused-ring (bicyclic) bond motifs is 1. The fourth-order valence-electron chi connectivity index (χ4n) is 1.26. The molecule has 0 fully saturated rings. The highest BCUT2D eigenvalue weighted by Gasteiger charge is 2.15. The summed E-state index contributed by atoms with van der Waals surface area (Å²) >= 11 is 5.75. The number of rotatable bonds is 2. The molecule has 0 saturated carbocycles. The third-order valence-electron chi connectivity index (χ3n) is 1.93. The van der Waals surface area contributed by atoms with Crippen LogP contribution >= 0.6 is 11.6 Å². The highest BCUT2D eigenvalue weighted by molar-refractivity contribution is 6.29. The first-order valence-electron chi connectivity index (χ1n) is 4.09. The molecule has 78 valence electrons. The Balaban J connectivity index is 2.80. The number of hydrogen-bond donors (Lipinski definition) is 2. The number of anilines is 1. The predicted molar refractivity (Wildman–Crippen MR) is 54.5 cm³/mol. The summed E-state index contributed by atoms with van der Waals surface area (Å²) in [5, 5.41) is 15.8. The zero-order chi connectivity index (χ0) is 11.0. The number of halogens is 1. The molecule has 15 heavy (non-hydrogen) atoms. The lowest BCUT2D eigenvalue weighted by molar-refractivity contribution is 0.0699. The number of carbonyl (C=O) groups is 1. The van der Waals surface area contributed by atoms with Gasteiger partial charge in [0.2, 0.25) is 0 Å². The molecule has 6 nitrogen and oxygen atoms in total. The Morgan fingerprint density at radius 1 is 1.67 bits per heavy atom. The van der Waals surface area contributed by atoms with E-state index in [2.05, 4.69) is 15.4 Å². The normalized spacial score (nSPS) is 10.5. The van der Waals surface area contributed by atoms with Gasteiger partial charge in [0, 0.05) is 13.1 Å². The maximum Gasteiger partial charge on any atom is 0.341 e. The maximum absolute atomic E-state index is 10.8. The van der Waals surface area contributed by atoms with Gasteiger partial charge >= 0.3 is 5.97 Å². The van der Waals surface area contributed by atoms with Crippen molar-refractivity contribution in [3.8, 4) is 0 Å². The van der Waals surface area contributed by atoms with E-state index in [1.54, 1.807) is 13.1 Å². The molecule has 0 radical (unpaired) electrons. The van der Waals surface area contributed by atoms with Crippen molar-refractivity contribution in [2.24, 2.45) is 0 Å².